The van der Waals surface area contributed by atoms with Crippen LogP contribution >= 0.6 is 0 Å². The van der Waals surface area contributed by atoms with Crippen LogP contribution in [0.2, 0.25) is 0 Å². The van der Waals surface area contributed by atoms with E-state index in [0.717, 1.165) is 43.4 Å². The first-order valence-corrected chi connectivity index (χ1v) is 8.53. The number of fused-ring (bicyclic) bond motifs is 3. The van der Waals surface area contributed by atoms with Crippen molar-refractivity contribution in [1.82, 2.24) is 4.90 Å². The number of unbranched alkanes of at least 4 members (excludes halogenated alkanes) is 2. The van der Waals surface area contributed by atoms with Crippen LogP contribution in [0.1, 0.15) is 44.9 Å². The lowest BCUT2D eigenvalue weighted by atomic mass is 9.77. The van der Waals surface area contributed by atoms with Crippen molar-refractivity contribution in [2.75, 3.05) is 6.54 Å². The van der Waals surface area contributed by atoms with Gasteiger partial charge in [0.1, 0.15) is 0 Å². The molecule has 23 heavy (non-hydrogen) atoms. The molecule has 0 amide bonds. The van der Waals surface area contributed by atoms with E-state index in [1.165, 1.54) is 12.8 Å². The van der Waals surface area contributed by atoms with E-state index in [4.69, 9.17) is 10.00 Å². The van der Waals surface area contributed by atoms with Gasteiger partial charge in [-0.2, -0.15) is 5.26 Å². The van der Waals surface area contributed by atoms with E-state index in [-0.39, 0.29) is 5.97 Å². The highest BCUT2D eigenvalue weighted by Gasteiger charge is 2.61. The molecule has 3 aliphatic heterocycles. The zero-order valence-corrected chi connectivity index (χ0v) is 13.2. The van der Waals surface area contributed by atoms with E-state index in [0.29, 0.717) is 18.5 Å². The number of nitrogens with zero attached hydrogens (tertiary/aromatic N) is 2. The maximum Gasteiger partial charge on any atom is 0.332 e. The summed E-state index contributed by atoms with van der Waals surface area (Å²) < 4.78 is 5.86. The predicted molar refractivity (Wildman–Crippen MR) is 85.0 cm³/mol. The van der Waals surface area contributed by atoms with Crippen LogP contribution in [-0.2, 0) is 9.53 Å². The lowest BCUT2D eigenvalue weighted by molar-refractivity contribution is -0.148. The van der Waals surface area contributed by atoms with Gasteiger partial charge >= 0.3 is 5.97 Å². The topological polar surface area (TPSA) is 53.3 Å². The Balaban J connectivity index is 1.65. The molecule has 4 heteroatoms. The number of carbonyl (C=O) groups is 1. The molecule has 4 nitrogen and oxygen atoms in total. The second-order valence-corrected chi connectivity index (χ2v) is 6.78. The summed E-state index contributed by atoms with van der Waals surface area (Å²) in [5, 5.41) is 8.58. The van der Waals surface area contributed by atoms with Crippen LogP contribution in [0.25, 0.3) is 0 Å². The minimum absolute atomic E-state index is 0.217. The Kier molecular flexibility index (Phi) is 3.51. The smallest absolute Gasteiger partial charge is 0.332 e. The van der Waals surface area contributed by atoms with Gasteiger partial charge in [0.25, 0.3) is 0 Å². The van der Waals surface area contributed by atoms with Gasteiger partial charge in [0, 0.05) is 42.5 Å². The Labute approximate surface area is 136 Å². The Morgan fingerprint density at radius 1 is 1.39 bits per heavy atom. The largest absolute Gasteiger partial charge is 0.449 e. The van der Waals surface area contributed by atoms with Crippen molar-refractivity contribution in [2.45, 2.75) is 62.6 Å². The highest BCUT2D eigenvalue weighted by molar-refractivity contribution is 5.90. The van der Waals surface area contributed by atoms with Gasteiger partial charge in [-0.05, 0) is 25.8 Å². The summed E-state index contributed by atoms with van der Waals surface area (Å²) >= 11 is 0. The van der Waals surface area contributed by atoms with Crippen LogP contribution in [0.3, 0.4) is 0 Å². The SMILES string of the molecule is N#CCCCC#CC1=C[C@@H]2CC3(OC(=O)C=C13)[C@H]1CCCCN21. The number of hydrogen-bond donors (Lipinski definition) is 0. The first-order chi connectivity index (χ1) is 11.2. The van der Waals surface area contributed by atoms with E-state index in [1.807, 2.05) is 0 Å². The maximum atomic E-state index is 12.0. The van der Waals surface area contributed by atoms with Crippen molar-refractivity contribution in [3.8, 4) is 17.9 Å². The van der Waals surface area contributed by atoms with Crippen molar-refractivity contribution in [3.63, 3.8) is 0 Å². The van der Waals surface area contributed by atoms with E-state index < -0.39 is 5.60 Å². The van der Waals surface area contributed by atoms with Crippen LogP contribution in [0, 0.1) is 23.2 Å². The van der Waals surface area contributed by atoms with Gasteiger partial charge in [-0.1, -0.05) is 24.3 Å². The van der Waals surface area contributed by atoms with E-state index in [2.05, 4.69) is 28.9 Å². The normalized spacial score (nSPS) is 34.3. The Bertz CT molecular complexity index is 703. The molecule has 0 aromatic heterocycles. The first kappa shape index (κ1) is 14.5. The van der Waals surface area contributed by atoms with Gasteiger partial charge in [-0.25, -0.2) is 4.79 Å². The summed E-state index contributed by atoms with van der Waals surface area (Å²) in [7, 11) is 0. The van der Waals surface area contributed by atoms with Crippen molar-refractivity contribution >= 4 is 5.97 Å². The molecular formula is C19H20N2O2. The predicted octanol–water partition coefficient (Wildman–Crippen LogP) is 2.47. The van der Waals surface area contributed by atoms with Gasteiger partial charge in [0.2, 0.25) is 0 Å². The quantitative estimate of drug-likeness (QED) is 0.447. The summed E-state index contributed by atoms with van der Waals surface area (Å²) in [4.78, 5) is 14.5. The number of piperidine rings is 1. The third kappa shape index (κ3) is 2.21. The number of ether oxygens (including phenoxy) is 1. The molecule has 1 unspecified atom stereocenters. The molecule has 0 N–H and O–H groups in total. The summed E-state index contributed by atoms with van der Waals surface area (Å²) in [6.45, 7) is 1.08. The minimum atomic E-state index is -0.451. The molecular weight excluding hydrogens is 288 g/mol. The summed E-state index contributed by atoms with van der Waals surface area (Å²) in [6.07, 6.45) is 10.4. The number of nitriles is 1. The Morgan fingerprint density at radius 2 is 2.30 bits per heavy atom. The highest BCUT2D eigenvalue weighted by Crippen LogP contribution is 2.53. The monoisotopic (exact) mass is 308 g/mol. The number of carbonyl (C=O) groups excluding carboxylic acids is 1. The van der Waals surface area contributed by atoms with Gasteiger partial charge in [0.15, 0.2) is 5.60 Å². The molecule has 2 fully saturated rings. The molecule has 0 aromatic carbocycles. The van der Waals surface area contributed by atoms with E-state index in [9.17, 15) is 4.79 Å². The molecule has 3 atom stereocenters. The zero-order chi connectivity index (χ0) is 15.9. The van der Waals surface area contributed by atoms with Crippen molar-refractivity contribution in [2.24, 2.45) is 0 Å². The van der Waals surface area contributed by atoms with Crippen LogP contribution in [0.5, 0.6) is 0 Å². The molecule has 0 saturated carbocycles. The molecule has 0 aromatic rings. The molecule has 0 radical (unpaired) electrons. The van der Waals surface area contributed by atoms with Crippen LogP contribution < -0.4 is 0 Å². The lowest BCUT2D eigenvalue weighted by Gasteiger charge is -2.38. The molecule has 4 rings (SSSR count). The first-order valence-electron chi connectivity index (χ1n) is 8.53. The lowest BCUT2D eigenvalue weighted by Crippen LogP contribution is -2.48. The van der Waals surface area contributed by atoms with Crippen molar-refractivity contribution < 1.29 is 9.53 Å². The van der Waals surface area contributed by atoms with E-state index in [1.54, 1.807) is 6.08 Å². The minimum Gasteiger partial charge on any atom is -0.449 e. The molecule has 118 valence electrons. The summed E-state index contributed by atoms with van der Waals surface area (Å²) in [5.74, 6) is 6.20. The fraction of sp³-hybridized carbons (Fsp3) is 0.579. The molecule has 1 aliphatic carbocycles. The summed E-state index contributed by atoms with van der Waals surface area (Å²) in [5.41, 5.74) is 1.52. The van der Waals surface area contributed by atoms with Crippen LogP contribution in [0.4, 0.5) is 0 Å². The zero-order valence-electron chi connectivity index (χ0n) is 13.2. The highest BCUT2D eigenvalue weighted by atomic mass is 16.6. The molecule has 4 aliphatic rings. The van der Waals surface area contributed by atoms with Crippen LogP contribution in [0.15, 0.2) is 23.3 Å². The van der Waals surface area contributed by atoms with Crippen molar-refractivity contribution in [3.05, 3.63) is 23.3 Å². The number of rotatable bonds is 2. The third-order valence-electron chi connectivity index (χ3n) is 5.48. The summed E-state index contributed by atoms with van der Waals surface area (Å²) in [6, 6.07) is 2.79. The van der Waals surface area contributed by atoms with Crippen molar-refractivity contribution in [1.29, 1.82) is 5.26 Å². The molecule has 3 heterocycles. The fourth-order valence-electron chi connectivity index (χ4n) is 4.58. The Morgan fingerprint density at radius 3 is 3.17 bits per heavy atom. The fourth-order valence-corrected chi connectivity index (χ4v) is 4.58. The standard InChI is InChI=1S/C19H20N2O2/c20-9-5-2-1-3-7-14-11-15-13-19(16(14)12-18(22)23-19)17-8-4-6-10-21(15)17/h11-12,15,17H,1-2,4-6,8,10,13H2/t15-,17-,19?/m1/s1. The number of esters is 1. The average Bonchev–Trinajstić information content (AvgIpc) is 3.03. The molecule has 2 saturated heterocycles. The van der Waals surface area contributed by atoms with Crippen LogP contribution in [-0.4, -0.2) is 35.1 Å². The second-order valence-electron chi connectivity index (χ2n) is 6.78. The number of hydrogen-bond acceptors (Lipinski definition) is 4. The Hall–Kier alpha value is -2.04. The third-order valence-corrected chi connectivity index (χ3v) is 5.48. The average molecular weight is 308 g/mol. The van der Waals surface area contributed by atoms with E-state index >= 15 is 0 Å². The second kappa shape index (κ2) is 5.55. The molecule has 1 spiro atoms. The maximum absolute atomic E-state index is 12.0. The van der Waals surface area contributed by atoms with Gasteiger partial charge in [-0.15, -0.1) is 0 Å². The van der Waals surface area contributed by atoms with Gasteiger partial charge in [-0.3, -0.25) is 4.90 Å². The molecule has 2 bridgehead atoms. The van der Waals surface area contributed by atoms with Gasteiger partial charge in [0.05, 0.1) is 12.1 Å². The van der Waals surface area contributed by atoms with Gasteiger partial charge < -0.3 is 4.74 Å².